The fourth-order valence-corrected chi connectivity index (χ4v) is 6.77. The smallest absolute Gasteiger partial charge is 0.410 e. The molecule has 2 fully saturated rings. The van der Waals surface area contributed by atoms with E-state index in [9.17, 15) is 9.59 Å². The summed E-state index contributed by atoms with van der Waals surface area (Å²) in [5.41, 5.74) is 7.39. The average Bonchev–Trinajstić information content (AvgIpc) is 3.19. The van der Waals surface area contributed by atoms with Gasteiger partial charge in [-0.1, -0.05) is 48.5 Å². The maximum absolute atomic E-state index is 13.4. The molecule has 3 aromatic rings. The highest BCUT2D eigenvalue weighted by Gasteiger charge is 2.44. The van der Waals surface area contributed by atoms with E-state index in [1.54, 1.807) is 0 Å². The molecule has 5 heteroatoms. The zero-order valence-electron chi connectivity index (χ0n) is 20.9. The summed E-state index contributed by atoms with van der Waals surface area (Å²) in [7, 11) is 0. The molecule has 1 amide bonds. The summed E-state index contributed by atoms with van der Waals surface area (Å²) < 4.78 is 6.02. The van der Waals surface area contributed by atoms with Crippen molar-refractivity contribution in [2.45, 2.75) is 64.0 Å². The van der Waals surface area contributed by atoms with Crippen molar-refractivity contribution >= 4 is 11.9 Å². The van der Waals surface area contributed by atoms with Crippen molar-refractivity contribution in [3.63, 3.8) is 0 Å². The molecule has 3 heterocycles. The lowest BCUT2D eigenvalue weighted by Gasteiger charge is -2.47. The van der Waals surface area contributed by atoms with E-state index in [4.69, 9.17) is 4.74 Å². The number of aryl methyl sites for hydroxylation is 2. The predicted octanol–water partition coefficient (Wildman–Crippen LogP) is 6.46. The number of carbonyl (C=O) groups is 2. The number of Topliss-reactive ketones (excluding diaryl/α,β-unsaturated/α-hetero) is 1. The Bertz CT molecular complexity index is 1250. The van der Waals surface area contributed by atoms with E-state index in [1.165, 1.54) is 22.3 Å². The van der Waals surface area contributed by atoms with Crippen LogP contribution < -0.4 is 0 Å². The van der Waals surface area contributed by atoms with Crippen LogP contribution in [0.3, 0.4) is 0 Å². The molecule has 184 valence electrons. The molecular weight excluding hydrogens is 448 g/mol. The van der Waals surface area contributed by atoms with Gasteiger partial charge in [-0.25, -0.2) is 4.79 Å². The Kier molecular flexibility index (Phi) is 5.87. The minimum atomic E-state index is -0.229. The first-order chi connectivity index (χ1) is 17.5. The maximum atomic E-state index is 13.4. The molecule has 3 aliphatic rings. The Balaban J connectivity index is 1.17. The van der Waals surface area contributed by atoms with Gasteiger partial charge in [0.05, 0.1) is 0 Å². The Labute approximate surface area is 212 Å². The van der Waals surface area contributed by atoms with Gasteiger partial charge in [-0.15, -0.1) is 0 Å². The standard InChI is InChI=1S/C31H32N2O3/c1-19-14-21(15-20(2)32-19)30(34)22-16-23-8-7-9-24(17-22)33(23)31(35)36-18-29-27-12-5-3-10-25(27)26-11-4-6-13-28(26)29/h3-6,10-15,22-24,29H,7-9,16-18H2,1-2H3. The number of fused-ring (bicyclic) bond motifs is 5. The van der Waals surface area contributed by atoms with Crippen molar-refractivity contribution in [1.29, 1.82) is 0 Å². The van der Waals surface area contributed by atoms with Crippen LogP contribution in [0, 0.1) is 19.8 Å². The number of hydrogen-bond donors (Lipinski definition) is 0. The molecule has 0 spiro atoms. The first kappa shape index (κ1) is 23.0. The van der Waals surface area contributed by atoms with Gasteiger partial charge < -0.3 is 9.64 Å². The van der Waals surface area contributed by atoms with Crippen molar-refractivity contribution in [1.82, 2.24) is 9.88 Å². The Morgan fingerprint density at radius 3 is 2.03 bits per heavy atom. The predicted molar refractivity (Wildman–Crippen MR) is 139 cm³/mol. The first-order valence-electron chi connectivity index (χ1n) is 13.1. The number of nitrogens with zero attached hydrogens (tertiary/aromatic N) is 2. The van der Waals surface area contributed by atoms with Gasteiger partial charge in [0.25, 0.3) is 0 Å². The normalized spacial score (nSPS) is 22.6. The van der Waals surface area contributed by atoms with E-state index in [0.29, 0.717) is 19.4 Å². The summed E-state index contributed by atoms with van der Waals surface area (Å²) in [4.78, 5) is 33.2. The summed E-state index contributed by atoms with van der Waals surface area (Å²) in [5, 5.41) is 0. The minimum absolute atomic E-state index is 0.0541. The molecule has 0 saturated carbocycles. The number of ether oxygens (including phenoxy) is 1. The Morgan fingerprint density at radius 2 is 1.44 bits per heavy atom. The highest BCUT2D eigenvalue weighted by atomic mass is 16.6. The summed E-state index contributed by atoms with van der Waals surface area (Å²) in [6.07, 6.45) is 4.14. The number of hydrogen-bond acceptors (Lipinski definition) is 4. The summed E-state index contributed by atoms with van der Waals surface area (Å²) in [6, 6.07) is 20.7. The van der Waals surface area contributed by atoms with E-state index in [0.717, 1.165) is 36.2 Å². The van der Waals surface area contributed by atoms with Crippen LogP contribution in [-0.2, 0) is 4.74 Å². The summed E-state index contributed by atoms with van der Waals surface area (Å²) in [6.45, 7) is 4.19. The lowest BCUT2D eigenvalue weighted by molar-refractivity contribution is 0.00651. The molecule has 1 aromatic heterocycles. The van der Waals surface area contributed by atoms with E-state index in [-0.39, 0.29) is 35.8 Å². The fourth-order valence-electron chi connectivity index (χ4n) is 6.77. The topological polar surface area (TPSA) is 59.5 Å². The van der Waals surface area contributed by atoms with Crippen molar-refractivity contribution in [2.75, 3.05) is 6.61 Å². The Hall–Kier alpha value is -3.47. The third-order valence-corrected chi connectivity index (χ3v) is 8.26. The molecule has 5 nitrogen and oxygen atoms in total. The number of rotatable bonds is 4. The van der Waals surface area contributed by atoms with Crippen LogP contribution in [0.1, 0.15) is 70.9 Å². The quantitative estimate of drug-likeness (QED) is 0.402. The number of benzene rings is 2. The van der Waals surface area contributed by atoms with E-state index < -0.39 is 0 Å². The number of pyridine rings is 1. The van der Waals surface area contributed by atoms with Gasteiger partial charge in [0.2, 0.25) is 0 Å². The summed E-state index contributed by atoms with van der Waals surface area (Å²) in [5.74, 6) is 0.185. The molecule has 6 rings (SSSR count). The van der Waals surface area contributed by atoms with Crippen LogP contribution in [0.25, 0.3) is 11.1 Å². The van der Waals surface area contributed by atoms with Crippen LogP contribution in [0.4, 0.5) is 4.79 Å². The highest BCUT2D eigenvalue weighted by Crippen LogP contribution is 2.45. The second-order valence-corrected chi connectivity index (χ2v) is 10.6. The van der Waals surface area contributed by atoms with Crippen LogP contribution in [-0.4, -0.2) is 40.5 Å². The van der Waals surface area contributed by atoms with Gasteiger partial charge in [-0.2, -0.15) is 0 Å². The number of aromatic nitrogens is 1. The molecule has 0 N–H and O–H groups in total. The minimum Gasteiger partial charge on any atom is -0.448 e. The second kappa shape index (κ2) is 9.20. The van der Waals surface area contributed by atoms with Crippen molar-refractivity contribution < 1.29 is 14.3 Å². The third kappa shape index (κ3) is 4.01. The molecule has 2 unspecified atom stereocenters. The van der Waals surface area contributed by atoms with Gasteiger partial charge in [-0.05, 0) is 80.3 Å². The number of ketones is 1. The molecule has 36 heavy (non-hydrogen) atoms. The van der Waals surface area contributed by atoms with Gasteiger partial charge in [0.1, 0.15) is 6.61 Å². The van der Waals surface area contributed by atoms with Crippen LogP contribution in [0.2, 0.25) is 0 Å². The SMILES string of the molecule is Cc1cc(C(=O)C2CC3CCCC(C2)N3C(=O)OCC2c3ccccc3-c3ccccc32)cc(C)n1. The molecular formula is C31H32N2O3. The molecule has 2 aromatic carbocycles. The molecule has 2 aliphatic heterocycles. The van der Waals surface area contributed by atoms with Crippen LogP contribution in [0.5, 0.6) is 0 Å². The van der Waals surface area contributed by atoms with Gasteiger partial charge >= 0.3 is 6.09 Å². The van der Waals surface area contributed by atoms with Crippen molar-refractivity contribution in [3.8, 4) is 11.1 Å². The fraction of sp³-hybridized carbons (Fsp3) is 0.387. The Morgan fingerprint density at radius 1 is 0.889 bits per heavy atom. The number of piperidine rings is 2. The van der Waals surface area contributed by atoms with E-state index in [1.807, 2.05) is 30.9 Å². The number of amides is 1. The number of carbonyl (C=O) groups excluding carboxylic acids is 2. The maximum Gasteiger partial charge on any atom is 0.410 e. The molecule has 2 atom stereocenters. The lowest BCUT2D eigenvalue weighted by atomic mass is 9.76. The third-order valence-electron chi connectivity index (χ3n) is 8.26. The second-order valence-electron chi connectivity index (χ2n) is 10.6. The zero-order valence-corrected chi connectivity index (χ0v) is 20.9. The monoisotopic (exact) mass is 480 g/mol. The molecule has 1 aliphatic carbocycles. The molecule has 0 radical (unpaired) electrons. The van der Waals surface area contributed by atoms with E-state index >= 15 is 0 Å². The molecule has 2 bridgehead atoms. The zero-order chi connectivity index (χ0) is 24.8. The first-order valence-corrected chi connectivity index (χ1v) is 13.1. The van der Waals surface area contributed by atoms with Gasteiger partial charge in [0, 0.05) is 40.9 Å². The van der Waals surface area contributed by atoms with Crippen LogP contribution >= 0.6 is 0 Å². The lowest BCUT2D eigenvalue weighted by Crippen LogP contribution is -2.55. The van der Waals surface area contributed by atoms with Gasteiger partial charge in [-0.3, -0.25) is 9.78 Å². The summed E-state index contributed by atoms with van der Waals surface area (Å²) >= 11 is 0. The molecule has 2 saturated heterocycles. The van der Waals surface area contributed by atoms with Crippen molar-refractivity contribution in [3.05, 3.63) is 88.7 Å². The van der Waals surface area contributed by atoms with Crippen molar-refractivity contribution in [2.24, 2.45) is 5.92 Å². The highest BCUT2D eigenvalue weighted by molar-refractivity contribution is 5.98. The van der Waals surface area contributed by atoms with Crippen LogP contribution in [0.15, 0.2) is 60.7 Å². The van der Waals surface area contributed by atoms with Gasteiger partial charge in [0.15, 0.2) is 5.78 Å². The average molecular weight is 481 g/mol. The largest absolute Gasteiger partial charge is 0.448 e. The van der Waals surface area contributed by atoms with E-state index in [2.05, 4.69) is 53.5 Å².